The van der Waals surface area contributed by atoms with Crippen molar-refractivity contribution in [1.29, 1.82) is 0 Å². The molecule has 1 aliphatic rings. The van der Waals surface area contributed by atoms with Crippen molar-refractivity contribution >= 4 is 5.97 Å². The molecule has 120 valence electrons. The van der Waals surface area contributed by atoms with Gasteiger partial charge in [-0.15, -0.1) is 0 Å². The lowest BCUT2D eigenvalue weighted by Crippen LogP contribution is -2.08. The molecule has 0 aromatic carbocycles. The number of hydrogen-bond acceptors (Lipinski definition) is 4. The largest absolute Gasteiger partial charge is 0.466 e. The summed E-state index contributed by atoms with van der Waals surface area (Å²) in [4.78, 5) is 11.2. The molecular weight excluding hydrogens is 280 g/mol. The fourth-order valence-electron chi connectivity index (χ4n) is 1.74. The number of methoxy groups -OCH3 is 1. The van der Waals surface area contributed by atoms with E-state index in [1.807, 2.05) is 50.3 Å². The van der Waals surface area contributed by atoms with Crippen LogP contribution in [0, 0.1) is 0 Å². The van der Waals surface area contributed by atoms with Crippen molar-refractivity contribution in [2.75, 3.05) is 20.3 Å². The molecule has 0 bridgehead atoms. The van der Waals surface area contributed by atoms with Gasteiger partial charge < -0.3 is 14.2 Å². The fraction of sp³-hybridized carbons (Fsp3) is 0.389. The van der Waals surface area contributed by atoms with E-state index < -0.39 is 0 Å². The molecule has 1 heterocycles. The first kappa shape index (κ1) is 18.1. The number of allylic oxidation sites excluding steroid dienone is 8. The predicted octanol–water partition coefficient (Wildman–Crippen LogP) is 3.48. The lowest BCUT2D eigenvalue weighted by atomic mass is 10.2. The third-order valence-corrected chi connectivity index (χ3v) is 3.04. The van der Waals surface area contributed by atoms with Gasteiger partial charge in [0.2, 0.25) is 0 Å². The lowest BCUT2D eigenvalue weighted by Gasteiger charge is -2.07. The molecule has 0 amide bonds. The molecular formula is C18H24O4. The van der Waals surface area contributed by atoms with E-state index in [4.69, 9.17) is 9.47 Å². The number of esters is 1. The molecule has 1 fully saturated rings. The van der Waals surface area contributed by atoms with Crippen LogP contribution in [0.5, 0.6) is 0 Å². The molecule has 0 aromatic rings. The van der Waals surface area contributed by atoms with E-state index in [9.17, 15) is 4.79 Å². The third-order valence-electron chi connectivity index (χ3n) is 3.04. The third kappa shape index (κ3) is 6.70. The molecule has 1 aliphatic heterocycles. The maximum Gasteiger partial charge on any atom is 0.333 e. The Morgan fingerprint density at radius 2 is 1.64 bits per heavy atom. The average Bonchev–Trinajstić information content (AvgIpc) is 3.04. The highest BCUT2D eigenvalue weighted by Crippen LogP contribution is 2.13. The van der Waals surface area contributed by atoms with Crippen LogP contribution in [0.15, 0.2) is 59.3 Å². The molecule has 0 atom stereocenters. The zero-order valence-electron chi connectivity index (χ0n) is 13.7. The molecule has 0 spiro atoms. The molecule has 0 N–H and O–H groups in total. The number of carbonyl (C=O) groups excluding carboxylic acids is 1. The first-order chi connectivity index (χ1) is 10.5. The van der Waals surface area contributed by atoms with E-state index in [1.54, 1.807) is 13.0 Å². The van der Waals surface area contributed by atoms with Crippen molar-refractivity contribution in [3.8, 4) is 0 Å². The Balaban J connectivity index is 2.49. The highest BCUT2D eigenvalue weighted by Gasteiger charge is 2.16. The Labute approximate surface area is 132 Å². The number of ether oxygens (including phenoxy) is 3. The molecule has 1 rings (SSSR count). The number of rotatable bonds is 6. The summed E-state index contributed by atoms with van der Waals surface area (Å²) in [7, 11) is 1.37. The van der Waals surface area contributed by atoms with Crippen LogP contribution in [0.2, 0.25) is 0 Å². The molecule has 0 radical (unpaired) electrons. The first-order valence-corrected chi connectivity index (χ1v) is 7.23. The van der Waals surface area contributed by atoms with E-state index in [0.717, 1.165) is 11.1 Å². The minimum atomic E-state index is -0.317. The van der Waals surface area contributed by atoms with Gasteiger partial charge in [-0.3, -0.25) is 0 Å². The molecule has 0 aromatic heterocycles. The standard InChI is InChI=1S/C18H24O4/c1-14(9-7-11-15(2)17(19)20-4)8-5-6-10-16(3)18-21-12-13-22-18/h5-11,18H,12-13H2,1-4H3. The summed E-state index contributed by atoms with van der Waals surface area (Å²) < 4.78 is 15.4. The van der Waals surface area contributed by atoms with Gasteiger partial charge in [-0.25, -0.2) is 4.79 Å². The van der Waals surface area contributed by atoms with Crippen LogP contribution in [0.1, 0.15) is 20.8 Å². The van der Waals surface area contributed by atoms with Gasteiger partial charge in [-0.2, -0.15) is 0 Å². The topological polar surface area (TPSA) is 44.8 Å². The number of carbonyl (C=O) groups is 1. The summed E-state index contributed by atoms with van der Waals surface area (Å²) in [5.41, 5.74) is 2.69. The van der Waals surface area contributed by atoms with E-state index in [2.05, 4.69) is 4.74 Å². The Morgan fingerprint density at radius 1 is 1.00 bits per heavy atom. The van der Waals surface area contributed by atoms with Crippen LogP contribution in [0.4, 0.5) is 0 Å². The molecule has 22 heavy (non-hydrogen) atoms. The van der Waals surface area contributed by atoms with Crippen LogP contribution < -0.4 is 0 Å². The zero-order chi connectivity index (χ0) is 16.4. The molecule has 0 unspecified atom stereocenters. The number of hydrogen-bond donors (Lipinski definition) is 0. The van der Waals surface area contributed by atoms with Gasteiger partial charge in [0.05, 0.1) is 20.3 Å². The maximum absolute atomic E-state index is 11.2. The van der Waals surface area contributed by atoms with Crippen LogP contribution >= 0.6 is 0 Å². The van der Waals surface area contributed by atoms with Crippen molar-refractivity contribution < 1.29 is 19.0 Å². The van der Waals surface area contributed by atoms with Crippen molar-refractivity contribution in [3.05, 3.63) is 59.3 Å². The monoisotopic (exact) mass is 304 g/mol. The fourth-order valence-corrected chi connectivity index (χ4v) is 1.74. The molecule has 0 saturated carbocycles. The Bertz CT molecular complexity index is 515. The highest BCUT2D eigenvalue weighted by molar-refractivity contribution is 5.87. The quantitative estimate of drug-likeness (QED) is 0.428. The second-order valence-electron chi connectivity index (χ2n) is 4.98. The van der Waals surface area contributed by atoms with Gasteiger partial charge in [-0.05, 0) is 26.3 Å². The zero-order valence-corrected chi connectivity index (χ0v) is 13.7. The Kier molecular flexibility index (Phi) is 8.18. The summed E-state index contributed by atoms with van der Waals surface area (Å²) in [6.07, 6.45) is 13.1. The van der Waals surface area contributed by atoms with E-state index in [1.165, 1.54) is 7.11 Å². The van der Waals surface area contributed by atoms with Crippen LogP contribution in [0.25, 0.3) is 0 Å². The summed E-state index contributed by atoms with van der Waals surface area (Å²) in [5, 5.41) is 0. The lowest BCUT2D eigenvalue weighted by molar-refractivity contribution is -0.136. The van der Waals surface area contributed by atoms with Gasteiger partial charge in [-0.1, -0.05) is 48.1 Å². The van der Waals surface area contributed by atoms with Crippen molar-refractivity contribution in [3.63, 3.8) is 0 Å². The summed E-state index contributed by atoms with van der Waals surface area (Å²) in [5.74, 6) is -0.317. The van der Waals surface area contributed by atoms with Crippen molar-refractivity contribution in [2.24, 2.45) is 0 Å². The Hall–Kier alpha value is -1.91. The van der Waals surface area contributed by atoms with Crippen molar-refractivity contribution in [2.45, 2.75) is 27.1 Å². The molecule has 0 aliphatic carbocycles. The smallest absolute Gasteiger partial charge is 0.333 e. The normalized spacial score (nSPS) is 18.6. The minimum Gasteiger partial charge on any atom is -0.466 e. The summed E-state index contributed by atoms with van der Waals surface area (Å²) in [6.45, 7) is 7.00. The van der Waals surface area contributed by atoms with Gasteiger partial charge in [0.15, 0.2) is 6.29 Å². The maximum atomic E-state index is 11.2. The van der Waals surface area contributed by atoms with Crippen LogP contribution in [-0.2, 0) is 19.0 Å². The summed E-state index contributed by atoms with van der Waals surface area (Å²) in [6, 6.07) is 0. The average molecular weight is 304 g/mol. The Morgan fingerprint density at radius 3 is 2.27 bits per heavy atom. The van der Waals surface area contributed by atoms with E-state index >= 15 is 0 Å². The molecule has 4 heteroatoms. The second-order valence-corrected chi connectivity index (χ2v) is 4.98. The minimum absolute atomic E-state index is 0.207. The van der Waals surface area contributed by atoms with Gasteiger partial charge in [0, 0.05) is 5.57 Å². The van der Waals surface area contributed by atoms with E-state index in [-0.39, 0.29) is 12.3 Å². The first-order valence-electron chi connectivity index (χ1n) is 7.23. The predicted molar refractivity (Wildman–Crippen MR) is 87.3 cm³/mol. The molecule has 4 nitrogen and oxygen atoms in total. The molecule has 1 saturated heterocycles. The van der Waals surface area contributed by atoms with Crippen molar-refractivity contribution in [1.82, 2.24) is 0 Å². The van der Waals surface area contributed by atoms with Gasteiger partial charge in [0.25, 0.3) is 0 Å². The van der Waals surface area contributed by atoms with E-state index in [0.29, 0.717) is 18.8 Å². The van der Waals surface area contributed by atoms with Crippen LogP contribution in [0.3, 0.4) is 0 Å². The SMILES string of the molecule is COC(=O)C(C)=CC=CC(C)=CC=CC=C(C)C1OCCO1. The van der Waals surface area contributed by atoms with Crippen LogP contribution in [-0.4, -0.2) is 32.6 Å². The van der Waals surface area contributed by atoms with Gasteiger partial charge in [0.1, 0.15) is 0 Å². The summed E-state index contributed by atoms with van der Waals surface area (Å²) >= 11 is 0. The second kappa shape index (κ2) is 9.92. The highest BCUT2D eigenvalue weighted by atomic mass is 16.7. The van der Waals surface area contributed by atoms with Gasteiger partial charge >= 0.3 is 5.97 Å².